The first-order valence-electron chi connectivity index (χ1n) is 5.06. The lowest BCUT2D eigenvalue weighted by Crippen LogP contribution is -2.13. The molecule has 0 atom stereocenters. The molecular weight excluding hydrogens is 188 g/mol. The minimum absolute atomic E-state index is 0.0839. The zero-order chi connectivity index (χ0) is 11.1. The molecule has 2 rings (SSSR count). The molecular formula is C11H16N4. The van der Waals surface area contributed by atoms with Gasteiger partial charge in [0.2, 0.25) is 5.95 Å². The van der Waals surface area contributed by atoms with Crippen LogP contribution < -0.4 is 5.32 Å². The van der Waals surface area contributed by atoms with Crippen LogP contribution in [0.25, 0.3) is 5.65 Å². The first-order valence-corrected chi connectivity index (χ1v) is 5.06. The SMILES string of the molecule is CNc1nc2c(C(C)(C)C)cccn2n1. The van der Waals surface area contributed by atoms with Gasteiger partial charge in [-0.15, -0.1) is 5.10 Å². The molecule has 0 amide bonds. The Morgan fingerprint density at radius 3 is 2.67 bits per heavy atom. The second kappa shape index (κ2) is 3.22. The van der Waals surface area contributed by atoms with E-state index < -0.39 is 0 Å². The van der Waals surface area contributed by atoms with E-state index in [4.69, 9.17) is 0 Å². The van der Waals surface area contributed by atoms with Gasteiger partial charge >= 0.3 is 0 Å². The van der Waals surface area contributed by atoms with E-state index in [0.29, 0.717) is 5.95 Å². The van der Waals surface area contributed by atoms with Crippen LogP contribution in [0.4, 0.5) is 5.95 Å². The second-order valence-corrected chi connectivity index (χ2v) is 4.63. The van der Waals surface area contributed by atoms with Crippen LogP contribution in [0, 0.1) is 0 Å². The predicted molar refractivity (Wildman–Crippen MR) is 61.2 cm³/mol. The highest BCUT2D eigenvalue weighted by Crippen LogP contribution is 2.25. The Morgan fingerprint density at radius 2 is 2.07 bits per heavy atom. The van der Waals surface area contributed by atoms with Gasteiger partial charge in [-0.05, 0) is 11.5 Å². The Kier molecular flexibility index (Phi) is 2.14. The first-order chi connectivity index (χ1) is 7.02. The molecule has 0 aliphatic heterocycles. The molecule has 0 bridgehead atoms. The maximum Gasteiger partial charge on any atom is 0.242 e. The molecule has 15 heavy (non-hydrogen) atoms. The third-order valence-corrected chi connectivity index (χ3v) is 2.39. The number of hydrogen-bond donors (Lipinski definition) is 1. The lowest BCUT2D eigenvalue weighted by atomic mass is 9.88. The normalized spacial score (nSPS) is 12.0. The molecule has 0 fully saturated rings. The van der Waals surface area contributed by atoms with Gasteiger partial charge in [0.05, 0.1) is 0 Å². The summed E-state index contributed by atoms with van der Waals surface area (Å²) in [7, 11) is 1.82. The third-order valence-electron chi connectivity index (χ3n) is 2.39. The van der Waals surface area contributed by atoms with Crippen molar-refractivity contribution in [2.24, 2.45) is 0 Å². The van der Waals surface area contributed by atoms with Gasteiger partial charge in [0.1, 0.15) is 0 Å². The van der Waals surface area contributed by atoms with Crippen LogP contribution in [0.2, 0.25) is 0 Å². The van der Waals surface area contributed by atoms with Crippen molar-refractivity contribution in [2.45, 2.75) is 26.2 Å². The fraction of sp³-hybridized carbons (Fsp3) is 0.455. The molecule has 4 nitrogen and oxygen atoms in total. The maximum atomic E-state index is 4.44. The third kappa shape index (κ3) is 1.67. The highest BCUT2D eigenvalue weighted by Gasteiger charge is 2.18. The minimum atomic E-state index is 0.0839. The molecule has 0 spiro atoms. The van der Waals surface area contributed by atoms with Crippen LogP contribution >= 0.6 is 0 Å². The molecule has 0 radical (unpaired) electrons. The van der Waals surface area contributed by atoms with E-state index in [1.165, 1.54) is 5.56 Å². The van der Waals surface area contributed by atoms with Gasteiger partial charge in [-0.25, -0.2) is 4.52 Å². The van der Waals surface area contributed by atoms with E-state index in [9.17, 15) is 0 Å². The predicted octanol–water partition coefficient (Wildman–Crippen LogP) is 2.07. The van der Waals surface area contributed by atoms with Crippen molar-refractivity contribution in [3.8, 4) is 0 Å². The quantitative estimate of drug-likeness (QED) is 0.773. The van der Waals surface area contributed by atoms with Crippen molar-refractivity contribution < 1.29 is 0 Å². The van der Waals surface area contributed by atoms with Crippen molar-refractivity contribution in [3.63, 3.8) is 0 Å². The molecule has 0 saturated heterocycles. The van der Waals surface area contributed by atoms with E-state index in [1.54, 1.807) is 0 Å². The number of nitrogens with one attached hydrogen (secondary N) is 1. The highest BCUT2D eigenvalue weighted by molar-refractivity contribution is 5.53. The van der Waals surface area contributed by atoms with Gasteiger partial charge in [-0.2, -0.15) is 4.98 Å². The average Bonchev–Trinajstić information content (AvgIpc) is 2.57. The highest BCUT2D eigenvalue weighted by atomic mass is 15.3. The maximum absolute atomic E-state index is 4.44. The summed E-state index contributed by atoms with van der Waals surface area (Å²) in [5, 5.41) is 7.25. The fourth-order valence-corrected chi connectivity index (χ4v) is 1.60. The van der Waals surface area contributed by atoms with Gasteiger partial charge in [-0.3, -0.25) is 0 Å². The summed E-state index contributed by atoms with van der Waals surface area (Å²) in [6.07, 6.45) is 1.92. The van der Waals surface area contributed by atoms with Gasteiger partial charge in [-0.1, -0.05) is 26.8 Å². The Bertz CT molecular complexity index is 479. The largest absolute Gasteiger partial charge is 0.356 e. The standard InChI is InChI=1S/C11H16N4/c1-11(2,3)8-6-5-7-15-9(8)13-10(12-4)14-15/h5-7H,1-4H3,(H,12,14). The molecule has 80 valence electrons. The fourth-order valence-electron chi connectivity index (χ4n) is 1.60. The van der Waals surface area contributed by atoms with Crippen LogP contribution in [0.5, 0.6) is 0 Å². The summed E-state index contributed by atoms with van der Waals surface area (Å²) in [5.41, 5.74) is 2.22. The summed E-state index contributed by atoms with van der Waals surface area (Å²) in [4.78, 5) is 4.44. The van der Waals surface area contributed by atoms with Crippen molar-refractivity contribution in [2.75, 3.05) is 12.4 Å². The van der Waals surface area contributed by atoms with E-state index in [0.717, 1.165) is 5.65 Å². The molecule has 0 saturated carbocycles. The zero-order valence-electron chi connectivity index (χ0n) is 9.57. The lowest BCUT2D eigenvalue weighted by Gasteiger charge is -2.18. The van der Waals surface area contributed by atoms with Crippen molar-refractivity contribution in [1.82, 2.24) is 14.6 Å². The van der Waals surface area contributed by atoms with E-state index in [2.05, 4.69) is 42.2 Å². The number of anilines is 1. The van der Waals surface area contributed by atoms with Crippen molar-refractivity contribution >= 4 is 11.6 Å². The zero-order valence-corrected chi connectivity index (χ0v) is 9.57. The van der Waals surface area contributed by atoms with E-state index in [1.807, 2.05) is 23.8 Å². The molecule has 2 aromatic heterocycles. The van der Waals surface area contributed by atoms with Gasteiger partial charge in [0.15, 0.2) is 5.65 Å². The van der Waals surface area contributed by atoms with Crippen LogP contribution in [-0.4, -0.2) is 21.6 Å². The number of rotatable bonds is 1. The molecule has 1 N–H and O–H groups in total. The summed E-state index contributed by atoms with van der Waals surface area (Å²) in [6, 6.07) is 4.10. The Labute approximate surface area is 89.3 Å². The molecule has 0 unspecified atom stereocenters. The average molecular weight is 204 g/mol. The Hall–Kier alpha value is -1.58. The Balaban J connectivity index is 2.70. The monoisotopic (exact) mass is 204 g/mol. The molecule has 0 aliphatic carbocycles. The van der Waals surface area contributed by atoms with Crippen LogP contribution in [0.15, 0.2) is 18.3 Å². The molecule has 4 heteroatoms. The van der Waals surface area contributed by atoms with Crippen LogP contribution in [0.3, 0.4) is 0 Å². The summed E-state index contributed by atoms with van der Waals surface area (Å²) >= 11 is 0. The second-order valence-electron chi connectivity index (χ2n) is 4.63. The van der Waals surface area contributed by atoms with Crippen LogP contribution in [0.1, 0.15) is 26.3 Å². The number of nitrogens with zero attached hydrogens (tertiary/aromatic N) is 3. The smallest absolute Gasteiger partial charge is 0.242 e. The van der Waals surface area contributed by atoms with E-state index >= 15 is 0 Å². The van der Waals surface area contributed by atoms with E-state index in [-0.39, 0.29) is 5.41 Å². The van der Waals surface area contributed by atoms with Gasteiger partial charge < -0.3 is 5.32 Å². The summed E-state index contributed by atoms with van der Waals surface area (Å²) in [5.74, 6) is 0.659. The molecule has 2 heterocycles. The molecule has 2 aromatic rings. The van der Waals surface area contributed by atoms with Crippen molar-refractivity contribution in [3.05, 3.63) is 23.9 Å². The van der Waals surface area contributed by atoms with Gasteiger partial charge in [0.25, 0.3) is 0 Å². The topological polar surface area (TPSA) is 42.2 Å². The number of hydrogen-bond acceptors (Lipinski definition) is 3. The van der Waals surface area contributed by atoms with Gasteiger partial charge in [0, 0.05) is 18.8 Å². The first kappa shape index (κ1) is 9.96. The number of pyridine rings is 1. The number of aromatic nitrogens is 3. The van der Waals surface area contributed by atoms with Crippen molar-refractivity contribution in [1.29, 1.82) is 0 Å². The minimum Gasteiger partial charge on any atom is -0.356 e. The summed E-state index contributed by atoms with van der Waals surface area (Å²) in [6.45, 7) is 6.53. The van der Waals surface area contributed by atoms with Crippen LogP contribution in [-0.2, 0) is 5.41 Å². The lowest BCUT2D eigenvalue weighted by molar-refractivity contribution is 0.591. The molecule has 0 aromatic carbocycles. The summed E-state index contributed by atoms with van der Waals surface area (Å²) < 4.78 is 1.81. The number of fused-ring (bicyclic) bond motifs is 1. The Morgan fingerprint density at radius 1 is 1.33 bits per heavy atom. The molecule has 0 aliphatic rings.